The van der Waals surface area contributed by atoms with Crippen molar-refractivity contribution in [3.8, 4) is 0 Å². The lowest BCUT2D eigenvalue weighted by molar-refractivity contribution is -0.126. The maximum atomic E-state index is 13.2. The van der Waals surface area contributed by atoms with Gasteiger partial charge >= 0.3 is 6.03 Å². The molecule has 0 saturated carbocycles. The normalized spacial score (nSPS) is 11.5. The summed E-state index contributed by atoms with van der Waals surface area (Å²) in [4.78, 5) is 36.4. The summed E-state index contributed by atoms with van der Waals surface area (Å²) in [5.41, 5.74) is 0.628. The molecule has 0 bridgehead atoms. The van der Waals surface area contributed by atoms with Gasteiger partial charge in [0.05, 0.1) is 6.54 Å². The highest BCUT2D eigenvalue weighted by atomic mass is 19.2. The Labute approximate surface area is 166 Å². The van der Waals surface area contributed by atoms with Gasteiger partial charge < -0.3 is 21.3 Å². The fraction of sp³-hybridized carbons (Fsp3) is 0.250. The average Bonchev–Trinajstić information content (AvgIpc) is 2.67. The van der Waals surface area contributed by atoms with Crippen molar-refractivity contribution in [2.45, 2.75) is 19.9 Å². The molecule has 0 saturated heterocycles. The number of anilines is 2. The topological polar surface area (TPSA) is 99.3 Å². The molecule has 0 spiro atoms. The molecule has 0 aromatic heterocycles. The van der Waals surface area contributed by atoms with Crippen LogP contribution < -0.4 is 21.3 Å². The molecule has 7 nitrogen and oxygen atoms in total. The number of hydrogen-bond donors (Lipinski definition) is 4. The summed E-state index contributed by atoms with van der Waals surface area (Å²) in [6, 6.07) is 10.2. The van der Waals surface area contributed by atoms with E-state index in [4.69, 9.17) is 0 Å². The maximum absolute atomic E-state index is 13.2. The first-order chi connectivity index (χ1) is 13.8. The fourth-order valence-electron chi connectivity index (χ4n) is 2.42. The van der Waals surface area contributed by atoms with E-state index >= 15 is 0 Å². The van der Waals surface area contributed by atoms with Crippen molar-refractivity contribution in [2.24, 2.45) is 5.92 Å². The lowest BCUT2D eigenvalue weighted by Gasteiger charge is -2.22. The van der Waals surface area contributed by atoms with E-state index in [1.165, 1.54) is 6.07 Å². The monoisotopic (exact) mass is 404 g/mol. The van der Waals surface area contributed by atoms with Crippen LogP contribution in [-0.2, 0) is 9.59 Å². The van der Waals surface area contributed by atoms with Gasteiger partial charge in [0.15, 0.2) is 11.6 Å². The second-order valence-corrected chi connectivity index (χ2v) is 6.58. The Hall–Kier alpha value is -3.49. The number of hydrogen-bond acceptors (Lipinski definition) is 3. The third-order valence-electron chi connectivity index (χ3n) is 3.89. The Balaban J connectivity index is 1.87. The van der Waals surface area contributed by atoms with E-state index in [1.807, 2.05) is 0 Å². The molecular weight excluding hydrogens is 382 g/mol. The van der Waals surface area contributed by atoms with E-state index in [2.05, 4.69) is 21.3 Å². The number of amides is 4. The summed E-state index contributed by atoms with van der Waals surface area (Å²) < 4.78 is 26.1. The van der Waals surface area contributed by atoms with Crippen molar-refractivity contribution < 1.29 is 23.2 Å². The zero-order chi connectivity index (χ0) is 21.4. The van der Waals surface area contributed by atoms with Crippen molar-refractivity contribution in [3.05, 3.63) is 60.2 Å². The molecule has 29 heavy (non-hydrogen) atoms. The van der Waals surface area contributed by atoms with Gasteiger partial charge in [0.2, 0.25) is 11.8 Å². The molecule has 1 atom stereocenters. The Morgan fingerprint density at radius 1 is 0.897 bits per heavy atom. The van der Waals surface area contributed by atoms with Crippen LogP contribution in [0.5, 0.6) is 0 Å². The van der Waals surface area contributed by atoms with Gasteiger partial charge in [-0.1, -0.05) is 32.0 Å². The summed E-state index contributed by atoms with van der Waals surface area (Å²) in [6.45, 7) is 3.09. The van der Waals surface area contributed by atoms with Gasteiger partial charge in [0.1, 0.15) is 6.04 Å². The largest absolute Gasteiger partial charge is 0.345 e. The summed E-state index contributed by atoms with van der Waals surface area (Å²) in [7, 11) is 0. The van der Waals surface area contributed by atoms with Gasteiger partial charge in [0.25, 0.3) is 0 Å². The third-order valence-corrected chi connectivity index (χ3v) is 3.89. The first-order valence-electron chi connectivity index (χ1n) is 8.91. The van der Waals surface area contributed by atoms with Crippen LogP contribution in [0.3, 0.4) is 0 Å². The highest BCUT2D eigenvalue weighted by Crippen LogP contribution is 2.13. The molecule has 2 aromatic rings. The third kappa shape index (κ3) is 6.87. The molecule has 0 unspecified atom stereocenters. The van der Waals surface area contributed by atoms with Crippen molar-refractivity contribution >= 4 is 29.2 Å². The van der Waals surface area contributed by atoms with Gasteiger partial charge in [-0.3, -0.25) is 9.59 Å². The molecule has 2 aromatic carbocycles. The van der Waals surface area contributed by atoms with E-state index in [0.29, 0.717) is 5.69 Å². The highest BCUT2D eigenvalue weighted by Gasteiger charge is 2.24. The van der Waals surface area contributed by atoms with Crippen LogP contribution in [0.1, 0.15) is 13.8 Å². The number of urea groups is 1. The first kappa shape index (κ1) is 21.8. The van der Waals surface area contributed by atoms with Crippen LogP contribution in [0.15, 0.2) is 48.5 Å². The lowest BCUT2D eigenvalue weighted by Crippen LogP contribution is -2.52. The minimum absolute atomic E-state index is 0.0592. The van der Waals surface area contributed by atoms with Crippen LogP contribution in [0, 0.1) is 17.6 Å². The number of benzene rings is 2. The summed E-state index contributed by atoms with van der Waals surface area (Å²) in [6.07, 6.45) is 0. The van der Waals surface area contributed by atoms with Crippen molar-refractivity contribution in [3.63, 3.8) is 0 Å². The number of carbonyl (C=O) groups is 3. The second-order valence-electron chi connectivity index (χ2n) is 6.58. The number of rotatable bonds is 7. The van der Waals surface area contributed by atoms with Gasteiger partial charge in [-0.2, -0.15) is 0 Å². The smallest absolute Gasteiger partial charge is 0.319 e. The van der Waals surface area contributed by atoms with E-state index in [9.17, 15) is 23.2 Å². The van der Waals surface area contributed by atoms with Crippen LogP contribution in [0.25, 0.3) is 0 Å². The van der Waals surface area contributed by atoms with Crippen molar-refractivity contribution in [2.75, 3.05) is 17.2 Å². The predicted octanol–water partition coefficient (Wildman–Crippen LogP) is 2.87. The summed E-state index contributed by atoms with van der Waals surface area (Å²) in [5.74, 6) is -3.55. The maximum Gasteiger partial charge on any atom is 0.319 e. The molecule has 9 heteroatoms. The molecule has 0 fully saturated rings. The molecule has 154 valence electrons. The van der Waals surface area contributed by atoms with Crippen molar-refractivity contribution in [1.82, 2.24) is 10.6 Å². The predicted molar refractivity (Wildman–Crippen MR) is 105 cm³/mol. The van der Waals surface area contributed by atoms with E-state index in [0.717, 1.165) is 12.1 Å². The average molecular weight is 404 g/mol. The summed E-state index contributed by atoms with van der Waals surface area (Å²) in [5, 5.41) is 9.95. The van der Waals surface area contributed by atoms with Gasteiger partial charge in [-0.15, -0.1) is 0 Å². The molecule has 0 radical (unpaired) electrons. The van der Waals surface area contributed by atoms with E-state index in [1.54, 1.807) is 44.2 Å². The summed E-state index contributed by atoms with van der Waals surface area (Å²) >= 11 is 0. The molecule has 0 aliphatic heterocycles. The molecular formula is C20H22F2N4O3. The number of nitrogens with one attached hydrogen (secondary N) is 4. The fourth-order valence-corrected chi connectivity index (χ4v) is 2.42. The van der Waals surface area contributed by atoms with Crippen molar-refractivity contribution in [1.29, 1.82) is 0 Å². The standard InChI is InChI=1S/C20H22F2N4O3/c1-12(2)18(26-20(29)25-13-6-4-3-5-7-13)19(28)23-11-17(27)24-14-8-9-15(21)16(22)10-14/h3-10,12,18H,11H2,1-2H3,(H,23,28)(H,24,27)(H2,25,26,29)/t18-/m0/s1. The zero-order valence-electron chi connectivity index (χ0n) is 16.0. The van der Waals surface area contributed by atoms with Crippen LogP contribution in [0.4, 0.5) is 25.0 Å². The van der Waals surface area contributed by atoms with Crippen LogP contribution in [0.2, 0.25) is 0 Å². The SMILES string of the molecule is CC(C)[C@H](NC(=O)Nc1ccccc1)C(=O)NCC(=O)Nc1ccc(F)c(F)c1. The Morgan fingerprint density at radius 3 is 2.21 bits per heavy atom. The molecule has 4 N–H and O–H groups in total. The number of para-hydroxylation sites is 1. The second kappa shape index (κ2) is 10.2. The molecule has 0 heterocycles. The molecule has 0 aliphatic carbocycles. The zero-order valence-corrected chi connectivity index (χ0v) is 16.0. The quantitative estimate of drug-likeness (QED) is 0.571. The first-order valence-corrected chi connectivity index (χ1v) is 8.91. The number of carbonyl (C=O) groups excluding carboxylic acids is 3. The minimum Gasteiger partial charge on any atom is -0.345 e. The van der Waals surface area contributed by atoms with Gasteiger partial charge in [0, 0.05) is 17.4 Å². The Bertz CT molecular complexity index is 875. The molecule has 4 amide bonds. The van der Waals surface area contributed by atoms with Crippen LogP contribution in [-0.4, -0.2) is 30.4 Å². The van der Waals surface area contributed by atoms with E-state index in [-0.39, 0.29) is 11.6 Å². The van der Waals surface area contributed by atoms with Crippen LogP contribution >= 0.6 is 0 Å². The minimum atomic E-state index is -1.10. The van der Waals surface area contributed by atoms with E-state index < -0.39 is 42.1 Å². The molecule has 2 rings (SSSR count). The van der Waals surface area contributed by atoms with Gasteiger partial charge in [-0.05, 0) is 30.2 Å². The Morgan fingerprint density at radius 2 is 1.59 bits per heavy atom. The highest BCUT2D eigenvalue weighted by molar-refractivity contribution is 5.97. The van der Waals surface area contributed by atoms with Gasteiger partial charge in [-0.25, -0.2) is 13.6 Å². The Kier molecular flexibility index (Phi) is 7.64. The lowest BCUT2D eigenvalue weighted by atomic mass is 10.0. The molecule has 0 aliphatic rings. The number of halogens is 2.